The summed E-state index contributed by atoms with van der Waals surface area (Å²) in [6.45, 7) is 9.35. The molecule has 2 nitrogen and oxygen atoms in total. The van der Waals surface area contributed by atoms with Crippen molar-refractivity contribution < 1.29 is 0 Å². The maximum atomic E-state index is 2.51. The molecular weight excluding hydrogens is 737 g/mol. The molecule has 61 heavy (non-hydrogen) atoms. The van der Waals surface area contributed by atoms with Gasteiger partial charge in [-0.15, -0.1) is 0 Å². The Morgan fingerprint density at radius 2 is 0.902 bits per heavy atom. The molecule has 7 aromatic carbocycles. The number of para-hydroxylation sites is 1. The van der Waals surface area contributed by atoms with Crippen molar-refractivity contribution in [2.75, 3.05) is 9.80 Å². The van der Waals surface area contributed by atoms with Crippen LogP contribution >= 0.6 is 0 Å². The van der Waals surface area contributed by atoms with E-state index in [1.54, 1.807) is 0 Å². The third-order valence-electron chi connectivity index (χ3n) is 14.5. The lowest BCUT2D eigenvalue weighted by Crippen LogP contribution is -2.29. The summed E-state index contributed by atoms with van der Waals surface area (Å²) in [7, 11) is 0. The number of hydrogen-bond acceptors (Lipinski definition) is 2. The van der Waals surface area contributed by atoms with Crippen molar-refractivity contribution in [1.29, 1.82) is 0 Å². The normalized spacial score (nSPS) is 17.7. The molecule has 298 valence electrons. The molecule has 0 saturated heterocycles. The van der Waals surface area contributed by atoms with Crippen LogP contribution in [0.4, 0.5) is 28.4 Å². The Morgan fingerprint density at radius 3 is 1.39 bits per heavy atom. The Hall–Kier alpha value is -6.64. The number of benzene rings is 7. The van der Waals surface area contributed by atoms with Crippen molar-refractivity contribution in [3.05, 3.63) is 244 Å². The zero-order valence-electron chi connectivity index (χ0n) is 35.7. The van der Waals surface area contributed by atoms with Gasteiger partial charge in [-0.05, 0) is 160 Å². The van der Waals surface area contributed by atoms with E-state index >= 15 is 0 Å². The van der Waals surface area contributed by atoms with Crippen LogP contribution in [0.3, 0.4) is 0 Å². The summed E-state index contributed by atoms with van der Waals surface area (Å²) in [5.74, 6) is 0. The fourth-order valence-corrected chi connectivity index (χ4v) is 10.2. The van der Waals surface area contributed by atoms with Crippen molar-refractivity contribution >= 4 is 28.4 Å². The zero-order chi connectivity index (χ0) is 41.3. The maximum Gasteiger partial charge on any atom is 0.0715 e. The summed E-state index contributed by atoms with van der Waals surface area (Å²) >= 11 is 0. The smallest absolute Gasteiger partial charge is 0.0715 e. The Morgan fingerprint density at radius 1 is 0.443 bits per heavy atom. The predicted octanol–water partition coefficient (Wildman–Crippen LogP) is 14.9. The first-order valence-corrected chi connectivity index (χ1v) is 22.1. The number of anilines is 5. The van der Waals surface area contributed by atoms with E-state index in [-0.39, 0.29) is 10.8 Å². The fourth-order valence-electron chi connectivity index (χ4n) is 10.2. The van der Waals surface area contributed by atoms with E-state index in [1.807, 2.05) is 0 Å². The van der Waals surface area contributed by atoms with E-state index in [4.69, 9.17) is 0 Å². The fraction of sp³-hybridized carbons (Fsp3) is 0.186. The van der Waals surface area contributed by atoms with Gasteiger partial charge in [-0.1, -0.05) is 149 Å². The number of fused-ring (bicyclic) bond motifs is 5. The Kier molecular flexibility index (Phi) is 8.72. The molecule has 0 radical (unpaired) electrons. The van der Waals surface area contributed by atoms with Crippen molar-refractivity contribution in [1.82, 2.24) is 0 Å². The minimum absolute atomic E-state index is 0.0598. The second-order valence-electron chi connectivity index (χ2n) is 18.7. The summed E-state index contributed by atoms with van der Waals surface area (Å²) in [5.41, 5.74) is 19.9. The first-order valence-electron chi connectivity index (χ1n) is 22.1. The van der Waals surface area contributed by atoms with E-state index in [1.165, 1.54) is 73.4 Å². The van der Waals surface area contributed by atoms with Crippen LogP contribution in [0.5, 0.6) is 0 Å². The number of rotatable bonds is 8. The van der Waals surface area contributed by atoms with Gasteiger partial charge in [-0.3, -0.25) is 0 Å². The number of allylic oxidation sites excluding steroid dienone is 5. The molecule has 1 unspecified atom stereocenters. The first-order chi connectivity index (χ1) is 29.7. The summed E-state index contributed by atoms with van der Waals surface area (Å²) in [6, 6.07) is 61.9. The van der Waals surface area contributed by atoms with Gasteiger partial charge in [-0.2, -0.15) is 0 Å². The lowest BCUT2D eigenvalue weighted by Gasteiger charge is -2.37. The Balaban J connectivity index is 1.15. The summed E-state index contributed by atoms with van der Waals surface area (Å²) in [4.78, 5) is 4.94. The summed E-state index contributed by atoms with van der Waals surface area (Å²) in [5, 5.41) is 0. The lowest BCUT2D eigenvalue weighted by atomic mass is 9.67. The van der Waals surface area contributed by atoms with Gasteiger partial charge in [0.15, 0.2) is 0 Å². The molecule has 4 aliphatic carbocycles. The van der Waals surface area contributed by atoms with Crippen LogP contribution in [-0.2, 0) is 31.1 Å². The average Bonchev–Trinajstić information content (AvgIpc) is 3.38. The molecule has 0 N–H and O–H groups in total. The van der Waals surface area contributed by atoms with E-state index in [2.05, 4.69) is 232 Å². The van der Waals surface area contributed by atoms with Gasteiger partial charge in [-0.25, -0.2) is 0 Å². The molecule has 0 bridgehead atoms. The highest BCUT2D eigenvalue weighted by Crippen LogP contribution is 2.58. The standard InChI is InChI=1S/C59H52N2/c1-57(2,3)58(4)35-14-21-48(34-36-58)61(50-29-27-42-23-25-44(42)38-50)52-31-33-54-53-32-30-51(60(47-19-12-7-13-20-47)49-28-26-41-22-24-43(41)37-49)39-55(53)59(56(54)40-52,45-15-8-5-9-16-45)46-17-10-6-11-18-46/h5-21,26-40H,22-25H2,1-4H3. The summed E-state index contributed by atoms with van der Waals surface area (Å²) in [6.07, 6.45) is 16.3. The third kappa shape index (κ3) is 5.98. The molecule has 1 atom stereocenters. The topological polar surface area (TPSA) is 6.48 Å². The van der Waals surface area contributed by atoms with Crippen LogP contribution in [0.2, 0.25) is 0 Å². The molecule has 0 spiro atoms. The van der Waals surface area contributed by atoms with Gasteiger partial charge in [0, 0.05) is 39.5 Å². The van der Waals surface area contributed by atoms with Crippen LogP contribution in [0.15, 0.2) is 200 Å². The van der Waals surface area contributed by atoms with Crippen LogP contribution in [0.25, 0.3) is 11.1 Å². The molecule has 0 aliphatic heterocycles. The minimum atomic E-state index is -0.591. The largest absolute Gasteiger partial charge is 0.310 e. The highest BCUT2D eigenvalue weighted by atomic mass is 15.2. The number of nitrogens with zero attached hydrogens (tertiary/aromatic N) is 2. The highest BCUT2D eigenvalue weighted by Gasteiger charge is 2.47. The van der Waals surface area contributed by atoms with Gasteiger partial charge >= 0.3 is 0 Å². The molecule has 2 heteroatoms. The molecule has 0 amide bonds. The van der Waals surface area contributed by atoms with Crippen LogP contribution in [0, 0.1) is 10.8 Å². The van der Waals surface area contributed by atoms with E-state index in [0.717, 1.165) is 42.0 Å². The lowest BCUT2D eigenvalue weighted by molar-refractivity contribution is 0.228. The molecule has 0 heterocycles. The van der Waals surface area contributed by atoms with Crippen LogP contribution in [-0.4, -0.2) is 0 Å². The molecular formula is C59H52N2. The first kappa shape index (κ1) is 37.4. The third-order valence-corrected chi connectivity index (χ3v) is 14.5. The van der Waals surface area contributed by atoms with Gasteiger partial charge < -0.3 is 9.80 Å². The zero-order valence-corrected chi connectivity index (χ0v) is 35.7. The van der Waals surface area contributed by atoms with Crippen LogP contribution < -0.4 is 9.80 Å². The van der Waals surface area contributed by atoms with Crippen molar-refractivity contribution in [3.63, 3.8) is 0 Å². The number of aryl methyl sites for hydroxylation is 4. The number of hydrogen-bond donors (Lipinski definition) is 0. The minimum Gasteiger partial charge on any atom is -0.310 e. The average molecular weight is 789 g/mol. The van der Waals surface area contributed by atoms with Gasteiger partial charge in [0.1, 0.15) is 0 Å². The molecule has 11 rings (SSSR count). The predicted molar refractivity (Wildman–Crippen MR) is 256 cm³/mol. The molecule has 7 aromatic rings. The van der Waals surface area contributed by atoms with Crippen molar-refractivity contribution in [3.8, 4) is 11.1 Å². The van der Waals surface area contributed by atoms with Gasteiger partial charge in [0.25, 0.3) is 0 Å². The van der Waals surface area contributed by atoms with Gasteiger partial charge in [0.05, 0.1) is 5.41 Å². The Labute approximate surface area is 361 Å². The quantitative estimate of drug-likeness (QED) is 0.151. The van der Waals surface area contributed by atoms with Crippen LogP contribution in [0.1, 0.15) is 72.2 Å². The highest BCUT2D eigenvalue weighted by molar-refractivity contribution is 5.91. The summed E-state index contributed by atoms with van der Waals surface area (Å²) < 4.78 is 0. The van der Waals surface area contributed by atoms with E-state index in [9.17, 15) is 0 Å². The second kappa shape index (κ2) is 14.2. The van der Waals surface area contributed by atoms with Gasteiger partial charge in [0.2, 0.25) is 0 Å². The SMILES string of the molecule is CC(C)(C)C1(C)C=CC=C(N(c2ccc3c(c2)CC3)c2ccc3c(c2)C(c2ccccc2)(c2ccccc2)c2cc(N(c4ccccc4)c4ccc5c(c4)CC5)ccc2-3)C=C1. The Bertz CT molecular complexity index is 2870. The molecule has 4 aliphatic rings. The molecule has 0 fully saturated rings. The second-order valence-corrected chi connectivity index (χ2v) is 18.7. The van der Waals surface area contributed by atoms with E-state index in [0.29, 0.717) is 0 Å². The molecule has 0 saturated carbocycles. The monoisotopic (exact) mass is 788 g/mol. The molecule has 0 aromatic heterocycles. The maximum absolute atomic E-state index is 2.51. The van der Waals surface area contributed by atoms with Crippen molar-refractivity contribution in [2.45, 2.75) is 58.8 Å². The van der Waals surface area contributed by atoms with Crippen molar-refractivity contribution in [2.24, 2.45) is 10.8 Å². The van der Waals surface area contributed by atoms with E-state index < -0.39 is 5.41 Å².